The average molecular weight is 516 g/mol. The van der Waals surface area contributed by atoms with Crippen LogP contribution < -0.4 is 14.2 Å². The zero-order valence-corrected chi connectivity index (χ0v) is 22.0. The molecule has 0 aliphatic carbocycles. The molecule has 1 fully saturated rings. The Labute approximate surface area is 223 Å². The number of ether oxygens (including phenoxy) is 3. The van der Waals surface area contributed by atoms with Gasteiger partial charge in [0.25, 0.3) is 11.7 Å². The van der Waals surface area contributed by atoms with Gasteiger partial charge in [-0.05, 0) is 67.8 Å². The molecule has 3 aromatic rings. The van der Waals surface area contributed by atoms with E-state index in [0.717, 1.165) is 12.0 Å². The Kier molecular flexibility index (Phi) is 8.69. The van der Waals surface area contributed by atoms with E-state index in [4.69, 9.17) is 14.2 Å². The minimum absolute atomic E-state index is 0.0276. The second-order valence-corrected chi connectivity index (χ2v) is 8.86. The van der Waals surface area contributed by atoms with Gasteiger partial charge in [0, 0.05) is 12.1 Å². The van der Waals surface area contributed by atoms with Crippen LogP contribution in [0.1, 0.15) is 49.9 Å². The van der Waals surface area contributed by atoms with E-state index in [0.29, 0.717) is 48.2 Å². The van der Waals surface area contributed by atoms with Crippen molar-refractivity contribution in [2.75, 3.05) is 19.8 Å². The van der Waals surface area contributed by atoms with Gasteiger partial charge in [-0.3, -0.25) is 9.59 Å². The molecule has 0 aromatic heterocycles. The van der Waals surface area contributed by atoms with E-state index in [2.05, 4.69) is 0 Å². The van der Waals surface area contributed by atoms with Crippen molar-refractivity contribution >= 4 is 17.4 Å². The Morgan fingerprint density at radius 1 is 0.842 bits per heavy atom. The number of aliphatic hydroxyl groups is 1. The van der Waals surface area contributed by atoms with E-state index in [1.165, 1.54) is 4.90 Å². The molecule has 38 heavy (non-hydrogen) atoms. The van der Waals surface area contributed by atoms with Crippen molar-refractivity contribution in [1.82, 2.24) is 4.90 Å². The van der Waals surface area contributed by atoms with Crippen molar-refractivity contribution in [3.63, 3.8) is 0 Å². The lowest BCUT2D eigenvalue weighted by atomic mass is 9.94. The molecule has 1 N–H and O–H groups in total. The third kappa shape index (κ3) is 5.67. The highest BCUT2D eigenvalue weighted by Gasteiger charge is 2.46. The number of rotatable bonds is 11. The molecular formula is C31H33NO6. The zero-order valence-electron chi connectivity index (χ0n) is 22.0. The van der Waals surface area contributed by atoms with Gasteiger partial charge in [-0.25, -0.2) is 0 Å². The lowest BCUT2D eigenvalue weighted by Gasteiger charge is -2.26. The second kappa shape index (κ2) is 12.3. The van der Waals surface area contributed by atoms with Crippen LogP contribution in [0.3, 0.4) is 0 Å². The number of hydrogen-bond acceptors (Lipinski definition) is 6. The van der Waals surface area contributed by atoms with E-state index in [1.54, 1.807) is 36.4 Å². The fourth-order valence-corrected chi connectivity index (χ4v) is 4.50. The first-order chi connectivity index (χ1) is 18.5. The van der Waals surface area contributed by atoms with E-state index in [-0.39, 0.29) is 17.9 Å². The average Bonchev–Trinajstić information content (AvgIpc) is 3.18. The van der Waals surface area contributed by atoms with Crippen LogP contribution in [0.4, 0.5) is 0 Å². The Hall–Kier alpha value is -4.26. The normalized spacial score (nSPS) is 16.5. The molecule has 1 aliphatic rings. The first-order valence-corrected chi connectivity index (χ1v) is 12.9. The van der Waals surface area contributed by atoms with Crippen molar-refractivity contribution in [2.45, 2.75) is 39.8 Å². The number of amides is 1. The van der Waals surface area contributed by atoms with E-state index in [1.807, 2.05) is 57.2 Å². The molecule has 7 nitrogen and oxygen atoms in total. The maximum Gasteiger partial charge on any atom is 0.295 e. The number of likely N-dealkylation sites (tertiary alicyclic amines) is 1. The topological polar surface area (TPSA) is 85.3 Å². The molecule has 7 heteroatoms. The van der Waals surface area contributed by atoms with E-state index in [9.17, 15) is 14.7 Å². The summed E-state index contributed by atoms with van der Waals surface area (Å²) in [7, 11) is 0. The fraction of sp³-hybridized carbons (Fsp3) is 0.290. The zero-order chi connectivity index (χ0) is 27.1. The molecule has 1 saturated heterocycles. The van der Waals surface area contributed by atoms with Crippen molar-refractivity contribution < 1.29 is 28.9 Å². The largest absolute Gasteiger partial charge is 0.507 e. The van der Waals surface area contributed by atoms with Crippen molar-refractivity contribution in [1.29, 1.82) is 0 Å². The number of carbonyl (C=O) groups is 2. The summed E-state index contributed by atoms with van der Waals surface area (Å²) in [5.41, 5.74) is 1.96. The van der Waals surface area contributed by atoms with Gasteiger partial charge in [0.2, 0.25) is 0 Å². The summed E-state index contributed by atoms with van der Waals surface area (Å²) in [5.74, 6) is 0.108. The van der Waals surface area contributed by atoms with Crippen molar-refractivity contribution in [3.05, 3.63) is 95.1 Å². The van der Waals surface area contributed by atoms with Gasteiger partial charge in [0.15, 0.2) is 11.5 Å². The highest BCUT2D eigenvalue weighted by molar-refractivity contribution is 6.46. The first kappa shape index (κ1) is 26.8. The Balaban J connectivity index is 1.84. The molecule has 0 radical (unpaired) electrons. The fourth-order valence-electron chi connectivity index (χ4n) is 4.50. The molecule has 1 aliphatic heterocycles. The quantitative estimate of drug-likeness (QED) is 0.195. The van der Waals surface area contributed by atoms with Gasteiger partial charge in [0.1, 0.15) is 11.5 Å². The van der Waals surface area contributed by atoms with Gasteiger partial charge in [0.05, 0.1) is 31.4 Å². The van der Waals surface area contributed by atoms with Gasteiger partial charge in [-0.2, -0.15) is 0 Å². The highest BCUT2D eigenvalue weighted by atomic mass is 16.5. The summed E-state index contributed by atoms with van der Waals surface area (Å²) >= 11 is 0. The molecule has 0 saturated carbocycles. The van der Waals surface area contributed by atoms with Crippen molar-refractivity contribution in [3.8, 4) is 17.2 Å². The minimum Gasteiger partial charge on any atom is -0.507 e. The number of hydrogen-bond donors (Lipinski definition) is 1. The molecule has 1 heterocycles. The Morgan fingerprint density at radius 2 is 1.55 bits per heavy atom. The summed E-state index contributed by atoms with van der Waals surface area (Å²) in [5, 5.41) is 11.4. The summed E-state index contributed by atoms with van der Waals surface area (Å²) < 4.78 is 17.2. The van der Waals surface area contributed by atoms with Crippen LogP contribution in [0.25, 0.3) is 5.76 Å². The number of aliphatic hydroxyl groups excluding tert-OH is 1. The van der Waals surface area contributed by atoms with Crippen LogP contribution in [-0.2, 0) is 16.1 Å². The molecule has 4 rings (SSSR count). The smallest absolute Gasteiger partial charge is 0.295 e. The number of nitrogens with zero attached hydrogens (tertiary/aromatic N) is 1. The van der Waals surface area contributed by atoms with Gasteiger partial charge >= 0.3 is 0 Å². The van der Waals surface area contributed by atoms with Crippen LogP contribution in [0, 0.1) is 0 Å². The number of benzene rings is 3. The lowest BCUT2D eigenvalue weighted by Crippen LogP contribution is -2.29. The Morgan fingerprint density at radius 3 is 2.21 bits per heavy atom. The third-order valence-corrected chi connectivity index (χ3v) is 6.22. The maximum atomic E-state index is 13.4. The standard InChI is InChI=1S/C31H33NO6/c1-4-18-38-25-17-14-23(19-26(25)37-6-3)28-27(29(33)22-12-15-24(16-13-22)36-5-2)30(34)31(35)32(28)20-21-10-8-7-9-11-21/h7-17,19,28,33H,4-6,18,20H2,1-3H3. The van der Waals surface area contributed by atoms with Crippen LogP contribution in [0.15, 0.2) is 78.4 Å². The summed E-state index contributed by atoms with van der Waals surface area (Å²) in [4.78, 5) is 28.3. The maximum absolute atomic E-state index is 13.4. The molecule has 0 bridgehead atoms. The lowest BCUT2D eigenvalue weighted by molar-refractivity contribution is -0.140. The van der Waals surface area contributed by atoms with Crippen LogP contribution in [0.2, 0.25) is 0 Å². The minimum atomic E-state index is -0.818. The monoisotopic (exact) mass is 515 g/mol. The first-order valence-electron chi connectivity index (χ1n) is 12.9. The molecule has 1 amide bonds. The van der Waals surface area contributed by atoms with Crippen LogP contribution >= 0.6 is 0 Å². The van der Waals surface area contributed by atoms with Gasteiger partial charge < -0.3 is 24.2 Å². The third-order valence-electron chi connectivity index (χ3n) is 6.22. The van der Waals surface area contributed by atoms with E-state index < -0.39 is 17.7 Å². The highest BCUT2D eigenvalue weighted by Crippen LogP contribution is 2.43. The summed E-state index contributed by atoms with van der Waals surface area (Å²) in [6.45, 7) is 7.45. The predicted molar refractivity (Wildman–Crippen MR) is 145 cm³/mol. The molecule has 1 unspecified atom stereocenters. The number of Topliss-reactive ketones (excluding diaryl/α,β-unsaturated/α-hetero) is 1. The van der Waals surface area contributed by atoms with Crippen LogP contribution in [-0.4, -0.2) is 41.5 Å². The number of carbonyl (C=O) groups excluding carboxylic acids is 2. The predicted octanol–water partition coefficient (Wildman–Crippen LogP) is 5.89. The van der Waals surface area contributed by atoms with E-state index >= 15 is 0 Å². The molecule has 3 aromatic carbocycles. The number of ketones is 1. The van der Waals surface area contributed by atoms with Crippen LogP contribution in [0.5, 0.6) is 17.2 Å². The summed E-state index contributed by atoms with van der Waals surface area (Å²) in [6.07, 6.45) is 0.840. The molecular weight excluding hydrogens is 482 g/mol. The summed E-state index contributed by atoms with van der Waals surface area (Å²) in [6, 6.07) is 20.8. The molecule has 0 spiro atoms. The SMILES string of the molecule is CCCOc1ccc(C2C(=C(O)c3ccc(OCC)cc3)C(=O)C(=O)N2Cc2ccccc2)cc1OCC. The molecule has 198 valence electrons. The second-order valence-electron chi connectivity index (χ2n) is 8.86. The van der Waals surface area contributed by atoms with Gasteiger partial charge in [-0.15, -0.1) is 0 Å². The molecule has 1 atom stereocenters. The van der Waals surface area contributed by atoms with Gasteiger partial charge in [-0.1, -0.05) is 43.3 Å². The van der Waals surface area contributed by atoms with Crippen molar-refractivity contribution in [2.24, 2.45) is 0 Å². The Bertz CT molecular complexity index is 1300.